The summed E-state index contributed by atoms with van der Waals surface area (Å²) in [5.41, 5.74) is 0.719. The van der Waals surface area contributed by atoms with Crippen LogP contribution in [-0.4, -0.2) is 11.9 Å². The molecule has 0 aliphatic carbocycles. The van der Waals surface area contributed by atoms with Crippen LogP contribution < -0.4 is 5.32 Å². The Hall–Kier alpha value is 0.0700. The Morgan fingerprint density at radius 3 is 2.73 bits per heavy atom. The Labute approximate surface area is 107 Å². The maximum atomic E-state index is 13.3. The Morgan fingerprint density at radius 1 is 1.27 bits per heavy atom. The lowest BCUT2D eigenvalue weighted by Crippen LogP contribution is -2.15. The summed E-state index contributed by atoms with van der Waals surface area (Å²) in [7, 11) is 0. The summed E-state index contributed by atoms with van der Waals surface area (Å²) in [5, 5.41) is 4.25. The quantitative estimate of drug-likeness (QED) is 0.613. The van der Waals surface area contributed by atoms with Gasteiger partial charge >= 0.3 is 0 Å². The summed E-state index contributed by atoms with van der Waals surface area (Å²) >= 11 is 6.61. The van der Waals surface area contributed by atoms with Gasteiger partial charge in [0.25, 0.3) is 0 Å². The summed E-state index contributed by atoms with van der Waals surface area (Å²) in [6.45, 7) is 1.53. The zero-order chi connectivity index (χ0) is 11.1. The molecule has 0 saturated heterocycles. The van der Waals surface area contributed by atoms with Crippen molar-refractivity contribution in [2.24, 2.45) is 0 Å². The SMILES string of the molecule is Fc1cc(Br)ccc1CNCCCCBr. The first-order chi connectivity index (χ1) is 7.24. The summed E-state index contributed by atoms with van der Waals surface area (Å²) in [6, 6.07) is 5.16. The first-order valence-corrected chi connectivity index (χ1v) is 6.86. The second-order valence-electron chi connectivity index (χ2n) is 3.31. The molecule has 0 saturated carbocycles. The Balaban J connectivity index is 2.31. The van der Waals surface area contributed by atoms with Crippen LogP contribution in [0.25, 0.3) is 0 Å². The Kier molecular flexibility index (Phi) is 6.45. The molecule has 0 fully saturated rings. The van der Waals surface area contributed by atoms with Gasteiger partial charge in [0.2, 0.25) is 0 Å². The van der Waals surface area contributed by atoms with E-state index in [1.54, 1.807) is 6.07 Å². The fourth-order valence-electron chi connectivity index (χ4n) is 1.23. The Morgan fingerprint density at radius 2 is 2.07 bits per heavy atom. The minimum atomic E-state index is -0.155. The third-order valence-electron chi connectivity index (χ3n) is 2.07. The van der Waals surface area contributed by atoms with Crippen LogP contribution in [0.15, 0.2) is 22.7 Å². The summed E-state index contributed by atoms with van der Waals surface area (Å²) < 4.78 is 14.1. The number of halogens is 3. The summed E-state index contributed by atoms with van der Waals surface area (Å²) in [4.78, 5) is 0. The van der Waals surface area contributed by atoms with Crippen LogP contribution in [-0.2, 0) is 6.54 Å². The van der Waals surface area contributed by atoms with Crippen molar-refractivity contribution in [1.29, 1.82) is 0 Å². The zero-order valence-corrected chi connectivity index (χ0v) is 11.6. The first kappa shape index (κ1) is 13.1. The van der Waals surface area contributed by atoms with Gasteiger partial charge in [0.15, 0.2) is 0 Å². The molecule has 0 aliphatic heterocycles. The average Bonchev–Trinajstić information content (AvgIpc) is 2.20. The third-order valence-corrected chi connectivity index (χ3v) is 3.12. The van der Waals surface area contributed by atoms with Gasteiger partial charge < -0.3 is 5.32 Å². The first-order valence-electron chi connectivity index (χ1n) is 4.94. The molecule has 1 aromatic rings. The number of alkyl halides is 1. The number of rotatable bonds is 6. The van der Waals surface area contributed by atoms with E-state index in [1.807, 2.05) is 6.07 Å². The van der Waals surface area contributed by atoms with Crippen molar-refractivity contribution < 1.29 is 4.39 Å². The highest BCUT2D eigenvalue weighted by molar-refractivity contribution is 9.10. The fourth-order valence-corrected chi connectivity index (χ4v) is 1.96. The molecule has 1 nitrogen and oxygen atoms in total. The van der Waals surface area contributed by atoms with E-state index in [9.17, 15) is 4.39 Å². The lowest BCUT2D eigenvalue weighted by molar-refractivity contribution is 0.580. The largest absolute Gasteiger partial charge is 0.313 e. The second-order valence-corrected chi connectivity index (χ2v) is 5.02. The molecular formula is C11H14Br2FN. The number of hydrogen-bond acceptors (Lipinski definition) is 1. The van der Waals surface area contributed by atoms with Crippen molar-refractivity contribution in [1.82, 2.24) is 5.32 Å². The van der Waals surface area contributed by atoms with Crippen molar-refractivity contribution in [3.05, 3.63) is 34.1 Å². The molecule has 15 heavy (non-hydrogen) atoms. The summed E-state index contributed by atoms with van der Waals surface area (Å²) in [5.74, 6) is -0.155. The van der Waals surface area contributed by atoms with Crippen molar-refractivity contribution >= 4 is 31.9 Å². The van der Waals surface area contributed by atoms with E-state index < -0.39 is 0 Å². The van der Waals surface area contributed by atoms with Crippen molar-refractivity contribution in [2.75, 3.05) is 11.9 Å². The second kappa shape index (κ2) is 7.36. The monoisotopic (exact) mass is 337 g/mol. The molecule has 0 heterocycles. The number of hydrogen-bond donors (Lipinski definition) is 1. The molecule has 0 radical (unpaired) electrons. The van der Waals surface area contributed by atoms with Gasteiger partial charge in [0.1, 0.15) is 5.82 Å². The zero-order valence-electron chi connectivity index (χ0n) is 8.40. The molecule has 0 aromatic heterocycles. The van der Waals surface area contributed by atoms with Gasteiger partial charge in [0.05, 0.1) is 0 Å². The van der Waals surface area contributed by atoms with E-state index in [4.69, 9.17) is 0 Å². The van der Waals surface area contributed by atoms with Gasteiger partial charge in [-0.2, -0.15) is 0 Å². The minimum absolute atomic E-state index is 0.155. The predicted molar refractivity (Wildman–Crippen MR) is 68.8 cm³/mol. The van der Waals surface area contributed by atoms with E-state index in [1.165, 1.54) is 6.07 Å². The maximum Gasteiger partial charge on any atom is 0.128 e. The van der Waals surface area contributed by atoms with Gasteiger partial charge in [-0.15, -0.1) is 0 Å². The average molecular weight is 339 g/mol. The van der Waals surface area contributed by atoms with Crippen LogP contribution in [0.1, 0.15) is 18.4 Å². The van der Waals surface area contributed by atoms with Crippen molar-refractivity contribution in [3.63, 3.8) is 0 Å². The topological polar surface area (TPSA) is 12.0 Å². The van der Waals surface area contributed by atoms with Crippen LogP contribution in [0.2, 0.25) is 0 Å². The molecule has 1 N–H and O–H groups in total. The smallest absolute Gasteiger partial charge is 0.128 e. The highest BCUT2D eigenvalue weighted by Gasteiger charge is 2.01. The molecule has 0 aliphatic rings. The molecule has 0 unspecified atom stereocenters. The van der Waals surface area contributed by atoms with Crippen LogP contribution in [0.4, 0.5) is 4.39 Å². The van der Waals surface area contributed by atoms with E-state index >= 15 is 0 Å². The van der Waals surface area contributed by atoms with E-state index in [-0.39, 0.29) is 5.82 Å². The maximum absolute atomic E-state index is 13.3. The number of benzene rings is 1. The molecule has 4 heteroatoms. The van der Waals surface area contributed by atoms with E-state index in [2.05, 4.69) is 37.2 Å². The van der Waals surface area contributed by atoms with Gasteiger partial charge in [-0.05, 0) is 31.5 Å². The van der Waals surface area contributed by atoms with Crippen LogP contribution in [0.5, 0.6) is 0 Å². The molecule has 0 atom stereocenters. The lowest BCUT2D eigenvalue weighted by atomic mass is 10.2. The molecule has 1 rings (SSSR count). The van der Waals surface area contributed by atoms with E-state index in [0.29, 0.717) is 6.54 Å². The lowest BCUT2D eigenvalue weighted by Gasteiger charge is -2.05. The Bertz CT molecular complexity index is 305. The molecule has 84 valence electrons. The molecular weight excluding hydrogens is 325 g/mol. The predicted octanol–water partition coefficient (Wildman–Crippen LogP) is 3.85. The third kappa shape index (κ3) is 5.09. The van der Waals surface area contributed by atoms with Gasteiger partial charge in [-0.1, -0.05) is 37.9 Å². The molecule has 0 amide bonds. The van der Waals surface area contributed by atoms with Crippen LogP contribution in [0, 0.1) is 5.82 Å². The van der Waals surface area contributed by atoms with Crippen LogP contribution >= 0.6 is 31.9 Å². The van der Waals surface area contributed by atoms with Crippen molar-refractivity contribution in [2.45, 2.75) is 19.4 Å². The highest BCUT2D eigenvalue weighted by atomic mass is 79.9. The standard InChI is InChI=1S/C11H14Br2FN/c12-5-1-2-6-15-8-9-3-4-10(13)7-11(9)14/h3-4,7,15H,1-2,5-6,8H2. The van der Waals surface area contributed by atoms with E-state index in [0.717, 1.165) is 34.8 Å². The normalized spacial score (nSPS) is 10.6. The molecule has 0 spiro atoms. The number of unbranched alkanes of at least 4 members (excludes halogenated alkanes) is 1. The van der Waals surface area contributed by atoms with Gasteiger partial charge in [-0.3, -0.25) is 0 Å². The van der Waals surface area contributed by atoms with Crippen molar-refractivity contribution in [3.8, 4) is 0 Å². The molecule has 0 bridgehead atoms. The van der Waals surface area contributed by atoms with Gasteiger partial charge in [-0.25, -0.2) is 4.39 Å². The summed E-state index contributed by atoms with van der Waals surface area (Å²) in [6.07, 6.45) is 2.26. The highest BCUT2D eigenvalue weighted by Crippen LogP contribution is 2.14. The molecule has 1 aromatic carbocycles. The van der Waals surface area contributed by atoms with Gasteiger partial charge in [0, 0.05) is 21.9 Å². The minimum Gasteiger partial charge on any atom is -0.313 e. The van der Waals surface area contributed by atoms with Crippen LogP contribution in [0.3, 0.4) is 0 Å². The number of nitrogens with one attached hydrogen (secondary N) is 1. The fraction of sp³-hybridized carbons (Fsp3) is 0.455.